The number of carbonyl (C=O) groups excluding carboxylic acids is 3. The van der Waals surface area contributed by atoms with Crippen LogP contribution in [-0.4, -0.2) is 24.1 Å². The molecule has 0 spiro atoms. The number of ketones is 1. The third-order valence-electron chi connectivity index (χ3n) is 6.36. The van der Waals surface area contributed by atoms with Crippen LogP contribution in [0.25, 0.3) is 10.8 Å². The Labute approximate surface area is 232 Å². The molecule has 0 aliphatic rings. The Balaban J connectivity index is 0.000000326. The van der Waals surface area contributed by atoms with Gasteiger partial charge in [0.15, 0.2) is 5.78 Å². The fraction of sp³-hybridized carbons (Fsp3) is 0.303. The first-order valence-corrected chi connectivity index (χ1v) is 13.4. The van der Waals surface area contributed by atoms with Crippen molar-refractivity contribution < 1.29 is 14.4 Å². The predicted molar refractivity (Wildman–Crippen MR) is 160 cm³/mol. The molecule has 0 aliphatic carbocycles. The van der Waals surface area contributed by atoms with Crippen molar-refractivity contribution in [1.82, 2.24) is 16.0 Å². The van der Waals surface area contributed by atoms with Gasteiger partial charge in [0.1, 0.15) is 0 Å². The molecule has 0 fully saturated rings. The van der Waals surface area contributed by atoms with Gasteiger partial charge in [-0.2, -0.15) is 0 Å². The van der Waals surface area contributed by atoms with E-state index in [0.717, 1.165) is 17.5 Å². The molecule has 2 amide bonds. The first-order valence-electron chi connectivity index (χ1n) is 13.4. The second-order valence-electron chi connectivity index (χ2n) is 9.53. The Hall–Kier alpha value is -4.19. The van der Waals surface area contributed by atoms with Crippen molar-refractivity contribution in [2.24, 2.45) is 5.92 Å². The zero-order valence-electron chi connectivity index (χ0n) is 23.5. The van der Waals surface area contributed by atoms with E-state index in [0.29, 0.717) is 31.0 Å². The zero-order chi connectivity index (χ0) is 28.6. The summed E-state index contributed by atoms with van der Waals surface area (Å²) in [7, 11) is 0. The van der Waals surface area contributed by atoms with Crippen molar-refractivity contribution in [2.45, 2.75) is 53.1 Å². The molecule has 0 bridgehead atoms. The predicted octanol–water partition coefficient (Wildman–Crippen LogP) is 6.25. The van der Waals surface area contributed by atoms with Crippen LogP contribution in [0, 0.1) is 5.92 Å². The second-order valence-corrected chi connectivity index (χ2v) is 9.53. The van der Waals surface area contributed by atoms with Gasteiger partial charge in [-0.1, -0.05) is 93.6 Å². The molecule has 0 aliphatic heterocycles. The summed E-state index contributed by atoms with van der Waals surface area (Å²) in [6, 6.07) is 22.0. The van der Waals surface area contributed by atoms with E-state index >= 15 is 0 Å². The highest BCUT2D eigenvalue weighted by Gasteiger charge is 2.15. The van der Waals surface area contributed by atoms with E-state index in [2.05, 4.69) is 60.6 Å². The molecular weight excluding hydrogens is 486 g/mol. The number of nitrogens with one attached hydrogen (secondary N) is 3. The number of benzene rings is 3. The molecule has 2 atom stereocenters. The highest BCUT2D eigenvalue weighted by Crippen LogP contribution is 2.24. The van der Waals surface area contributed by atoms with Crippen molar-refractivity contribution in [3.05, 3.63) is 108 Å². The Kier molecular flexibility index (Phi) is 13.2. The van der Waals surface area contributed by atoms with Gasteiger partial charge < -0.3 is 16.0 Å². The fourth-order valence-corrected chi connectivity index (χ4v) is 4.01. The van der Waals surface area contributed by atoms with Crippen LogP contribution in [0.5, 0.6) is 0 Å². The van der Waals surface area contributed by atoms with Gasteiger partial charge in [-0.15, -0.1) is 0 Å². The van der Waals surface area contributed by atoms with Crippen LogP contribution in [0.3, 0.4) is 0 Å². The summed E-state index contributed by atoms with van der Waals surface area (Å²) in [6.07, 6.45) is 6.47. The van der Waals surface area contributed by atoms with E-state index in [-0.39, 0.29) is 23.6 Å². The van der Waals surface area contributed by atoms with E-state index in [1.807, 2.05) is 49.4 Å². The van der Waals surface area contributed by atoms with E-state index in [4.69, 9.17) is 0 Å². The number of hydrogen-bond acceptors (Lipinski definition) is 4. The summed E-state index contributed by atoms with van der Waals surface area (Å²) >= 11 is 0. The molecule has 6 nitrogen and oxygen atoms in total. The third-order valence-corrected chi connectivity index (χ3v) is 6.36. The Morgan fingerprint density at radius 2 is 1.64 bits per heavy atom. The first-order chi connectivity index (χ1) is 18.8. The Morgan fingerprint density at radius 1 is 0.949 bits per heavy atom. The molecule has 2 unspecified atom stereocenters. The van der Waals surface area contributed by atoms with Crippen molar-refractivity contribution in [3.8, 4) is 0 Å². The summed E-state index contributed by atoms with van der Waals surface area (Å²) in [5.41, 5.74) is 2.75. The topological polar surface area (TPSA) is 87.3 Å². The van der Waals surface area contributed by atoms with Crippen LogP contribution < -0.4 is 16.0 Å². The lowest BCUT2D eigenvalue weighted by Crippen LogP contribution is -2.28. The van der Waals surface area contributed by atoms with E-state index in [1.165, 1.54) is 17.7 Å². The van der Waals surface area contributed by atoms with E-state index in [1.54, 1.807) is 18.4 Å². The molecule has 0 heterocycles. The van der Waals surface area contributed by atoms with Gasteiger partial charge in [0.25, 0.3) is 5.91 Å². The van der Waals surface area contributed by atoms with Gasteiger partial charge >= 0.3 is 0 Å². The highest BCUT2D eigenvalue weighted by atomic mass is 16.2. The van der Waals surface area contributed by atoms with Crippen LogP contribution in [0.1, 0.15) is 68.1 Å². The lowest BCUT2D eigenvalue weighted by Gasteiger charge is -2.18. The number of allylic oxidation sites excluding steroid dienone is 1. The molecule has 0 aromatic heterocycles. The number of fused-ring (bicyclic) bond motifs is 1. The standard InChI is InChI=1S/C22H22N2O.C11H19NO2/c1-3-23-15-18-10-5-7-13-21(18)22(25)24-16(2)19-14-8-11-17-9-4-6-12-20(17)19;1-4-9(2)8-11(14)6-5-7-12-10(3)13/h3-14,16,23H,1,15H2,2H3,(H,24,25);5-6,9H,4,7-8H2,1-3H3,(H,12,13)/b;6-5+. The molecule has 206 valence electrons. The quantitative estimate of drug-likeness (QED) is 0.243. The molecule has 3 N–H and O–H groups in total. The molecule has 6 heteroatoms. The smallest absolute Gasteiger partial charge is 0.252 e. The molecule has 39 heavy (non-hydrogen) atoms. The number of amides is 2. The average molecular weight is 528 g/mol. The Bertz CT molecular complexity index is 1280. The minimum absolute atomic E-state index is 0.0677. The monoisotopic (exact) mass is 527 g/mol. The SMILES string of the molecule is C=CNCc1ccccc1C(=O)NC(C)c1cccc2ccccc12.CCC(C)CC(=O)/C=C/CNC(C)=O. The fourth-order valence-electron chi connectivity index (χ4n) is 4.01. The maximum Gasteiger partial charge on any atom is 0.252 e. The van der Waals surface area contributed by atoms with Gasteiger partial charge in [-0.3, -0.25) is 14.4 Å². The summed E-state index contributed by atoms with van der Waals surface area (Å²) in [4.78, 5) is 34.5. The summed E-state index contributed by atoms with van der Waals surface area (Å²) in [5.74, 6) is 0.420. The van der Waals surface area contributed by atoms with Gasteiger partial charge in [0.2, 0.25) is 5.91 Å². The molecule has 3 rings (SSSR count). The van der Waals surface area contributed by atoms with Gasteiger partial charge in [0, 0.05) is 32.0 Å². The normalized spacial score (nSPS) is 12.1. The van der Waals surface area contributed by atoms with Crippen LogP contribution in [-0.2, 0) is 16.1 Å². The van der Waals surface area contributed by atoms with Crippen molar-refractivity contribution in [3.63, 3.8) is 0 Å². The maximum absolute atomic E-state index is 12.8. The van der Waals surface area contributed by atoms with Crippen molar-refractivity contribution >= 4 is 28.4 Å². The highest BCUT2D eigenvalue weighted by molar-refractivity contribution is 5.96. The van der Waals surface area contributed by atoms with Crippen LogP contribution in [0.2, 0.25) is 0 Å². The summed E-state index contributed by atoms with van der Waals surface area (Å²) in [5, 5.41) is 11.1. The summed E-state index contributed by atoms with van der Waals surface area (Å²) in [6.45, 7) is 12.3. The van der Waals surface area contributed by atoms with Crippen LogP contribution >= 0.6 is 0 Å². The molecule has 3 aromatic rings. The largest absolute Gasteiger partial charge is 0.387 e. The minimum atomic E-state index is -0.0842. The lowest BCUT2D eigenvalue weighted by atomic mass is 9.99. The van der Waals surface area contributed by atoms with Crippen molar-refractivity contribution in [2.75, 3.05) is 6.54 Å². The molecule has 0 radical (unpaired) electrons. The van der Waals surface area contributed by atoms with E-state index < -0.39 is 0 Å². The average Bonchev–Trinajstić information content (AvgIpc) is 2.94. The second kappa shape index (κ2) is 16.6. The number of carbonyl (C=O) groups is 3. The first kappa shape index (κ1) is 31.0. The van der Waals surface area contributed by atoms with Crippen LogP contribution in [0.4, 0.5) is 0 Å². The van der Waals surface area contributed by atoms with Crippen molar-refractivity contribution in [1.29, 1.82) is 0 Å². The maximum atomic E-state index is 12.8. The molecular formula is C33H41N3O3. The number of rotatable bonds is 12. The molecule has 0 saturated heterocycles. The third kappa shape index (κ3) is 10.6. The minimum Gasteiger partial charge on any atom is -0.387 e. The van der Waals surface area contributed by atoms with Gasteiger partial charge in [-0.25, -0.2) is 0 Å². The summed E-state index contributed by atoms with van der Waals surface area (Å²) < 4.78 is 0. The zero-order valence-corrected chi connectivity index (χ0v) is 23.5. The van der Waals surface area contributed by atoms with Crippen LogP contribution in [0.15, 0.2) is 91.7 Å². The van der Waals surface area contributed by atoms with E-state index in [9.17, 15) is 14.4 Å². The molecule has 3 aromatic carbocycles. The van der Waals surface area contributed by atoms with Gasteiger partial charge in [-0.05, 0) is 53.1 Å². The molecule has 0 saturated carbocycles. The van der Waals surface area contributed by atoms with Gasteiger partial charge in [0.05, 0.1) is 6.04 Å². The Morgan fingerprint density at radius 3 is 2.36 bits per heavy atom. The number of hydrogen-bond donors (Lipinski definition) is 3. The lowest BCUT2D eigenvalue weighted by molar-refractivity contribution is -0.119.